The number of benzene rings is 1. The Balaban J connectivity index is 1.55. The molecule has 0 spiro atoms. The number of hydrogen-bond donors (Lipinski definition) is 6. The minimum absolute atomic E-state index is 0.0163. The van der Waals surface area contributed by atoms with Crippen LogP contribution in [0, 0.1) is 5.92 Å². The molecule has 1 aromatic rings. The van der Waals surface area contributed by atoms with E-state index in [0.717, 1.165) is 12.5 Å². The Morgan fingerprint density at radius 2 is 1.97 bits per heavy atom. The molecule has 3 rings (SSSR count). The topological polar surface area (TPSA) is 175 Å². The molecule has 6 N–H and O–H groups in total. The highest BCUT2D eigenvalue weighted by atomic mass is 35.5. The van der Waals surface area contributed by atoms with Crippen molar-refractivity contribution in [3.63, 3.8) is 0 Å². The summed E-state index contributed by atoms with van der Waals surface area (Å²) >= 11 is 6.40. The van der Waals surface area contributed by atoms with E-state index < -0.39 is 53.2 Å². The number of hydrogen-bond acceptors (Lipinski definition) is 9. The fraction of sp³-hybridized carbons (Fsp3) is 0.522. The average molecular weight is 547 g/mol. The third kappa shape index (κ3) is 7.49. The molecule has 2 aliphatic rings. The van der Waals surface area contributed by atoms with Gasteiger partial charge in [0.05, 0.1) is 6.61 Å². The van der Waals surface area contributed by atoms with E-state index in [-0.39, 0.29) is 19.1 Å². The molecule has 0 radical (unpaired) electrons. The molecule has 0 bridgehead atoms. The molecule has 1 heterocycles. The molecule has 200 valence electrons. The fourth-order valence-electron chi connectivity index (χ4n) is 4.06. The summed E-state index contributed by atoms with van der Waals surface area (Å²) in [4.78, 5) is 10.9. The Kier molecular flexibility index (Phi) is 9.89. The van der Waals surface area contributed by atoms with E-state index >= 15 is 0 Å². The summed E-state index contributed by atoms with van der Waals surface area (Å²) in [5.41, 5.74) is 1.36. The maximum atomic E-state index is 11.5. The van der Waals surface area contributed by atoms with Gasteiger partial charge in [-0.05, 0) is 48.1 Å². The molecule has 1 aliphatic carbocycles. The van der Waals surface area contributed by atoms with Gasteiger partial charge in [0.2, 0.25) is 5.91 Å². The van der Waals surface area contributed by atoms with E-state index in [1.807, 2.05) is 12.2 Å². The molecule has 6 atom stereocenters. The zero-order valence-corrected chi connectivity index (χ0v) is 21.2. The predicted molar refractivity (Wildman–Crippen MR) is 130 cm³/mol. The Bertz CT molecular complexity index is 1090. The highest BCUT2D eigenvalue weighted by molar-refractivity contribution is 7.88. The number of aliphatic hydroxyl groups excluding tert-OH is 4. The number of aliphatic hydroxyl groups is 4. The molecule has 6 unspecified atom stereocenters. The summed E-state index contributed by atoms with van der Waals surface area (Å²) in [5.74, 6) is -0.00415. The van der Waals surface area contributed by atoms with Crippen molar-refractivity contribution in [3.8, 4) is 0 Å². The summed E-state index contributed by atoms with van der Waals surface area (Å²) in [6.45, 7) is 0.652. The van der Waals surface area contributed by atoms with Crippen molar-refractivity contribution < 1.29 is 43.1 Å². The molecule has 1 fully saturated rings. The second-order valence-electron chi connectivity index (χ2n) is 8.67. The quantitative estimate of drug-likeness (QED) is 0.218. The number of halogens is 1. The largest absolute Gasteiger partial charge is 0.493 e. The van der Waals surface area contributed by atoms with Crippen LogP contribution in [0.5, 0.6) is 0 Å². The van der Waals surface area contributed by atoms with E-state index in [2.05, 4.69) is 4.72 Å². The zero-order valence-electron chi connectivity index (χ0n) is 19.6. The molecule has 1 aromatic carbocycles. The van der Waals surface area contributed by atoms with Gasteiger partial charge in [0.25, 0.3) is 0 Å². The van der Waals surface area contributed by atoms with Crippen molar-refractivity contribution in [2.75, 3.05) is 19.8 Å². The summed E-state index contributed by atoms with van der Waals surface area (Å²) in [6, 6.07) is 5.12. The number of nitrogens with one attached hydrogen (secondary N) is 2. The number of allylic oxidation sites excluding steroid dienone is 3. The van der Waals surface area contributed by atoms with Crippen LogP contribution in [0.15, 0.2) is 42.2 Å². The van der Waals surface area contributed by atoms with Crippen LogP contribution >= 0.6 is 11.6 Å². The van der Waals surface area contributed by atoms with Gasteiger partial charge in [0, 0.05) is 18.5 Å². The summed E-state index contributed by atoms with van der Waals surface area (Å²) in [7, 11) is -3.90. The predicted octanol–water partition coefficient (Wildman–Crippen LogP) is -0.155. The Labute approximate surface area is 214 Å². The van der Waals surface area contributed by atoms with E-state index in [0.29, 0.717) is 29.2 Å². The van der Waals surface area contributed by atoms with Gasteiger partial charge in [-0.1, -0.05) is 29.8 Å². The standard InChI is InChI=1S/C23H31ClN2O9S/c1-13(28)26-36(32,33)25-8-9-34-17-5-2-14(3-6-17)10-16-11-15(4-7-18(16)24)23-22(31)21(30)20(29)19(12-27)35-23/h2,4-7,11,14,19-23,25,27,29-31H,3,8-10,12H2,1H3,(H,26,28). The minimum Gasteiger partial charge on any atom is -0.493 e. The first-order chi connectivity index (χ1) is 17.0. The highest BCUT2D eigenvalue weighted by Crippen LogP contribution is 2.35. The van der Waals surface area contributed by atoms with Crippen LogP contribution in [0.3, 0.4) is 0 Å². The second kappa shape index (κ2) is 12.5. The first-order valence-electron chi connectivity index (χ1n) is 11.4. The van der Waals surface area contributed by atoms with Crippen molar-refractivity contribution in [2.24, 2.45) is 5.92 Å². The molecule has 13 heteroatoms. The van der Waals surface area contributed by atoms with E-state index in [4.69, 9.17) is 21.1 Å². The van der Waals surface area contributed by atoms with Crippen molar-refractivity contribution in [1.82, 2.24) is 9.44 Å². The third-order valence-corrected chi connectivity index (χ3v) is 7.38. The monoisotopic (exact) mass is 546 g/mol. The fourth-order valence-corrected chi connectivity index (χ4v) is 5.06. The number of rotatable bonds is 10. The van der Waals surface area contributed by atoms with Gasteiger partial charge in [-0.25, -0.2) is 4.72 Å². The van der Waals surface area contributed by atoms with Crippen molar-refractivity contribution in [3.05, 3.63) is 58.3 Å². The van der Waals surface area contributed by atoms with Crippen molar-refractivity contribution >= 4 is 27.7 Å². The molecular weight excluding hydrogens is 516 g/mol. The number of carbonyl (C=O) groups is 1. The highest BCUT2D eigenvalue weighted by Gasteiger charge is 2.44. The second-order valence-corrected chi connectivity index (χ2v) is 10.6. The molecule has 0 saturated carbocycles. The lowest BCUT2D eigenvalue weighted by Gasteiger charge is -2.40. The van der Waals surface area contributed by atoms with Crippen LogP contribution in [-0.2, 0) is 30.9 Å². The van der Waals surface area contributed by atoms with Gasteiger partial charge in [-0.2, -0.15) is 13.1 Å². The molecular formula is C23H31ClN2O9S. The molecule has 1 saturated heterocycles. The normalized spacial score (nSPS) is 28.4. The van der Waals surface area contributed by atoms with Crippen molar-refractivity contribution in [1.29, 1.82) is 0 Å². The maximum Gasteiger partial charge on any atom is 0.301 e. The SMILES string of the molecule is CC(=O)NS(=O)(=O)NCCOC1=CCC(Cc2cc(C3OC(CO)C(O)C(O)C3O)ccc2Cl)C=C1. The maximum absolute atomic E-state index is 11.5. The van der Waals surface area contributed by atoms with E-state index in [1.165, 1.54) is 0 Å². The Hall–Kier alpha value is -2.03. The lowest BCUT2D eigenvalue weighted by atomic mass is 9.88. The number of amides is 1. The average Bonchev–Trinajstić information content (AvgIpc) is 2.82. The van der Waals surface area contributed by atoms with Crippen LogP contribution in [-0.4, -0.2) is 78.9 Å². The minimum atomic E-state index is -3.90. The summed E-state index contributed by atoms with van der Waals surface area (Å²) < 4.78 is 38.3. The van der Waals surface area contributed by atoms with E-state index in [9.17, 15) is 33.6 Å². The molecule has 11 nitrogen and oxygen atoms in total. The van der Waals surface area contributed by atoms with Crippen LogP contribution in [0.2, 0.25) is 5.02 Å². The van der Waals surface area contributed by atoms with Gasteiger partial charge < -0.3 is 29.9 Å². The van der Waals surface area contributed by atoms with Gasteiger partial charge in [0.15, 0.2) is 0 Å². The third-order valence-electron chi connectivity index (χ3n) is 5.87. The van der Waals surface area contributed by atoms with Crippen LogP contribution < -0.4 is 9.44 Å². The number of carbonyl (C=O) groups excluding carboxylic acids is 1. The van der Waals surface area contributed by atoms with Crippen molar-refractivity contribution in [2.45, 2.75) is 50.3 Å². The first-order valence-corrected chi connectivity index (χ1v) is 13.2. The van der Waals surface area contributed by atoms with Gasteiger partial charge in [-0.15, -0.1) is 0 Å². The van der Waals surface area contributed by atoms with Gasteiger partial charge in [-0.3, -0.25) is 4.79 Å². The lowest BCUT2D eigenvalue weighted by Crippen LogP contribution is -2.55. The lowest BCUT2D eigenvalue weighted by molar-refractivity contribution is -0.231. The van der Waals surface area contributed by atoms with Crippen LogP contribution in [0.1, 0.15) is 30.6 Å². The molecule has 1 amide bonds. The smallest absolute Gasteiger partial charge is 0.301 e. The Morgan fingerprint density at radius 3 is 2.61 bits per heavy atom. The van der Waals surface area contributed by atoms with Crippen LogP contribution in [0.4, 0.5) is 0 Å². The first kappa shape index (κ1) is 28.5. The van der Waals surface area contributed by atoms with E-state index in [1.54, 1.807) is 29.0 Å². The molecule has 36 heavy (non-hydrogen) atoms. The molecule has 0 aromatic heterocycles. The summed E-state index contributed by atoms with van der Waals surface area (Å²) in [6.07, 6.45) is 0.607. The number of ether oxygens (including phenoxy) is 2. The summed E-state index contributed by atoms with van der Waals surface area (Å²) in [5, 5.41) is 40.5. The zero-order chi connectivity index (χ0) is 26.5. The molecule has 1 aliphatic heterocycles. The van der Waals surface area contributed by atoms with Gasteiger partial charge in [0.1, 0.15) is 42.9 Å². The Morgan fingerprint density at radius 1 is 1.22 bits per heavy atom. The van der Waals surface area contributed by atoms with Crippen LogP contribution in [0.25, 0.3) is 0 Å². The van der Waals surface area contributed by atoms with Gasteiger partial charge >= 0.3 is 10.2 Å².